The van der Waals surface area contributed by atoms with E-state index in [9.17, 15) is 4.79 Å². The van der Waals surface area contributed by atoms with Crippen LogP contribution in [0.25, 0.3) is 0 Å². The highest BCUT2D eigenvalue weighted by Crippen LogP contribution is 2.29. The van der Waals surface area contributed by atoms with E-state index in [1.165, 1.54) is 11.1 Å². The van der Waals surface area contributed by atoms with Crippen LogP contribution >= 0.6 is 34.8 Å². The zero-order valence-electron chi connectivity index (χ0n) is 8.55. The van der Waals surface area contributed by atoms with Gasteiger partial charge >= 0.3 is 0 Å². The van der Waals surface area contributed by atoms with Crippen molar-refractivity contribution in [2.24, 2.45) is 0 Å². The average Bonchev–Trinajstić information content (AvgIpc) is 2.32. The molecule has 0 spiro atoms. The first-order valence-corrected chi connectivity index (χ1v) is 6.38. The van der Waals surface area contributed by atoms with Crippen LogP contribution in [0.1, 0.15) is 38.1 Å². The SMILES string of the molecule is O=c1c(Cl)c(Cl)c(Cl)nn1C1CCCCC1. The minimum Gasteiger partial charge on any atom is -0.266 e. The van der Waals surface area contributed by atoms with Gasteiger partial charge < -0.3 is 0 Å². The molecule has 1 aliphatic carbocycles. The largest absolute Gasteiger partial charge is 0.287 e. The second-order valence-electron chi connectivity index (χ2n) is 3.96. The fourth-order valence-corrected chi connectivity index (χ4v) is 2.56. The third-order valence-corrected chi connectivity index (χ3v) is 4.06. The maximum atomic E-state index is 11.9. The van der Waals surface area contributed by atoms with Crippen LogP contribution in [0.3, 0.4) is 0 Å². The van der Waals surface area contributed by atoms with Crippen LogP contribution in [0.2, 0.25) is 15.2 Å². The average molecular weight is 282 g/mol. The van der Waals surface area contributed by atoms with Crippen LogP contribution in [0, 0.1) is 0 Å². The minimum absolute atomic E-state index is 0.0350. The number of nitrogens with zero attached hydrogens (tertiary/aromatic N) is 2. The van der Waals surface area contributed by atoms with Gasteiger partial charge in [0, 0.05) is 0 Å². The summed E-state index contributed by atoms with van der Waals surface area (Å²) in [6.07, 6.45) is 5.32. The van der Waals surface area contributed by atoms with Crippen LogP contribution < -0.4 is 5.56 Å². The molecule has 2 rings (SSSR count). The Bertz CT molecular complexity index is 452. The number of halogens is 3. The summed E-state index contributed by atoms with van der Waals surface area (Å²) in [5.41, 5.74) is -0.344. The topological polar surface area (TPSA) is 34.9 Å². The molecule has 0 aliphatic heterocycles. The van der Waals surface area contributed by atoms with Gasteiger partial charge in [0.25, 0.3) is 5.56 Å². The van der Waals surface area contributed by atoms with Crippen molar-refractivity contribution in [3.8, 4) is 0 Å². The molecule has 0 atom stereocenters. The molecule has 1 aromatic rings. The smallest absolute Gasteiger partial charge is 0.266 e. The van der Waals surface area contributed by atoms with Crippen LogP contribution in [-0.4, -0.2) is 9.78 Å². The summed E-state index contributed by atoms with van der Waals surface area (Å²) >= 11 is 17.4. The van der Waals surface area contributed by atoms with E-state index in [0.29, 0.717) is 0 Å². The zero-order valence-corrected chi connectivity index (χ0v) is 10.8. The Kier molecular flexibility index (Phi) is 3.77. The molecule has 0 bridgehead atoms. The van der Waals surface area contributed by atoms with Crippen LogP contribution in [0.15, 0.2) is 4.79 Å². The summed E-state index contributed by atoms with van der Waals surface area (Å²) in [6.45, 7) is 0. The summed E-state index contributed by atoms with van der Waals surface area (Å²) in [4.78, 5) is 11.9. The number of rotatable bonds is 1. The second-order valence-corrected chi connectivity index (χ2v) is 5.07. The van der Waals surface area contributed by atoms with Gasteiger partial charge in [-0.25, -0.2) is 4.68 Å². The van der Waals surface area contributed by atoms with Gasteiger partial charge in [-0.15, -0.1) is 0 Å². The lowest BCUT2D eigenvalue weighted by molar-refractivity contribution is 0.318. The Hall–Kier alpha value is -0.250. The minimum atomic E-state index is -0.344. The van der Waals surface area contributed by atoms with Crippen molar-refractivity contribution in [3.63, 3.8) is 0 Å². The van der Waals surface area contributed by atoms with Gasteiger partial charge in [0.1, 0.15) is 10.0 Å². The third kappa shape index (κ3) is 2.22. The highest BCUT2D eigenvalue weighted by atomic mass is 35.5. The van der Waals surface area contributed by atoms with Crippen molar-refractivity contribution in [1.82, 2.24) is 9.78 Å². The molecule has 0 aromatic carbocycles. The van der Waals surface area contributed by atoms with Gasteiger partial charge in [0.2, 0.25) is 0 Å². The normalized spacial score (nSPS) is 17.7. The Morgan fingerprint density at radius 1 is 1.06 bits per heavy atom. The monoisotopic (exact) mass is 280 g/mol. The molecule has 88 valence electrons. The second kappa shape index (κ2) is 4.94. The highest BCUT2D eigenvalue weighted by molar-refractivity contribution is 6.47. The molecule has 1 saturated carbocycles. The lowest BCUT2D eigenvalue weighted by atomic mass is 9.96. The molecule has 6 heteroatoms. The molecule has 1 aromatic heterocycles. The summed E-state index contributed by atoms with van der Waals surface area (Å²) in [7, 11) is 0. The van der Waals surface area contributed by atoms with Gasteiger partial charge in [-0.3, -0.25) is 4.79 Å². The fourth-order valence-electron chi connectivity index (χ4n) is 2.04. The van der Waals surface area contributed by atoms with E-state index in [2.05, 4.69) is 5.10 Å². The Labute approximate surface area is 108 Å². The predicted octanol–water partition coefficient (Wildman–Crippen LogP) is 3.71. The third-order valence-electron chi connectivity index (χ3n) is 2.89. The van der Waals surface area contributed by atoms with Crippen molar-refractivity contribution < 1.29 is 0 Å². The van der Waals surface area contributed by atoms with Gasteiger partial charge in [-0.05, 0) is 12.8 Å². The molecule has 3 nitrogen and oxygen atoms in total. The molecule has 0 radical (unpaired) electrons. The first-order chi connectivity index (χ1) is 7.61. The molecule has 1 fully saturated rings. The number of aromatic nitrogens is 2. The van der Waals surface area contributed by atoms with Gasteiger partial charge in [-0.2, -0.15) is 5.10 Å². The highest BCUT2D eigenvalue weighted by Gasteiger charge is 2.21. The van der Waals surface area contributed by atoms with Crippen LogP contribution in [0.5, 0.6) is 0 Å². The lowest BCUT2D eigenvalue weighted by Crippen LogP contribution is -2.29. The predicted molar refractivity (Wildman–Crippen MR) is 65.6 cm³/mol. The molecule has 0 amide bonds. The number of hydrogen-bond donors (Lipinski definition) is 0. The first kappa shape index (κ1) is 12.2. The van der Waals surface area contributed by atoms with Crippen molar-refractivity contribution in [3.05, 3.63) is 25.6 Å². The maximum absolute atomic E-state index is 11.9. The van der Waals surface area contributed by atoms with E-state index >= 15 is 0 Å². The van der Waals surface area contributed by atoms with Crippen LogP contribution in [-0.2, 0) is 0 Å². The van der Waals surface area contributed by atoms with Gasteiger partial charge in [-0.1, -0.05) is 54.1 Å². The quantitative estimate of drug-likeness (QED) is 0.786. The Morgan fingerprint density at radius 3 is 2.31 bits per heavy atom. The summed E-state index contributed by atoms with van der Waals surface area (Å²) in [6, 6.07) is 0.105. The van der Waals surface area contributed by atoms with E-state index in [1.54, 1.807) is 0 Å². The van der Waals surface area contributed by atoms with E-state index < -0.39 is 0 Å². The molecular formula is C10H11Cl3N2O. The van der Waals surface area contributed by atoms with E-state index in [4.69, 9.17) is 34.8 Å². The molecular weight excluding hydrogens is 270 g/mol. The van der Waals surface area contributed by atoms with E-state index in [-0.39, 0.29) is 26.8 Å². The van der Waals surface area contributed by atoms with Crippen LogP contribution in [0.4, 0.5) is 0 Å². The van der Waals surface area contributed by atoms with E-state index in [0.717, 1.165) is 25.7 Å². The standard InChI is InChI=1S/C10H11Cl3N2O/c11-7-8(12)10(16)15(14-9(7)13)6-4-2-1-3-5-6/h6H,1-5H2. The number of hydrogen-bond acceptors (Lipinski definition) is 2. The Balaban J connectivity index is 2.44. The fraction of sp³-hybridized carbons (Fsp3) is 0.600. The summed E-state index contributed by atoms with van der Waals surface area (Å²) in [5, 5.41) is 4.11. The summed E-state index contributed by atoms with van der Waals surface area (Å²) in [5.74, 6) is 0. The van der Waals surface area contributed by atoms with Crippen molar-refractivity contribution >= 4 is 34.8 Å². The summed E-state index contributed by atoms with van der Waals surface area (Å²) < 4.78 is 1.38. The van der Waals surface area contributed by atoms with Crippen molar-refractivity contribution in [2.45, 2.75) is 38.1 Å². The molecule has 16 heavy (non-hydrogen) atoms. The van der Waals surface area contributed by atoms with Gasteiger partial charge in [0.05, 0.1) is 6.04 Å². The zero-order chi connectivity index (χ0) is 11.7. The van der Waals surface area contributed by atoms with Gasteiger partial charge in [0.15, 0.2) is 5.15 Å². The molecule has 1 heterocycles. The maximum Gasteiger partial charge on any atom is 0.287 e. The first-order valence-electron chi connectivity index (χ1n) is 5.24. The molecule has 1 aliphatic rings. The van der Waals surface area contributed by atoms with E-state index in [1.807, 2.05) is 0 Å². The lowest BCUT2D eigenvalue weighted by Gasteiger charge is -2.23. The molecule has 0 N–H and O–H groups in total. The molecule has 0 unspecified atom stereocenters. The Morgan fingerprint density at radius 2 is 1.69 bits per heavy atom. The molecule has 0 saturated heterocycles. The van der Waals surface area contributed by atoms with Crippen molar-refractivity contribution in [1.29, 1.82) is 0 Å². The van der Waals surface area contributed by atoms with Crippen molar-refractivity contribution in [2.75, 3.05) is 0 Å².